The van der Waals surface area contributed by atoms with Gasteiger partial charge in [0, 0.05) is 39.9 Å². The van der Waals surface area contributed by atoms with Gasteiger partial charge in [0.05, 0.1) is 0 Å². The summed E-state index contributed by atoms with van der Waals surface area (Å²) in [5.74, 6) is 2.12. The lowest BCUT2D eigenvalue weighted by molar-refractivity contribution is -0.130. The predicted molar refractivity (Wildman–Crippen MR) is 79.8 cm³/mol. The maximum absolute atomic E-state index is 12.1. The van der Waals surface area contributed by atoms with Crippen LogP contribution in [0.15, 0.2) is 4.52 Å². The SMILES string of the molecule is Cc1nc(CCN(C)C(=O)CCC2CCCN(C)C2)no1. The standard InChI is InChI=1S/C15H26N4O2/c1-12-16-14(17-21-12)8-10-19(3)15(20)7-6-13-5-4-9-18(2)11-13/h13H,4-11H2,1-3H3. The van der Waals surface area contributed by atoms with Crippen LogP contribution in [-0.2, 0) is 11.2 Å². The molecule has 0 aromatic carbocycles. The number of likely N-dealkylation sites (tertiary alicyclic amines) is 1. The third kappa shape index (κ3) is 5.12. The van der Waals surface area contributed by atoms with E-state index in [0.717, 1.165) is 13.0 Å². The van der Waals surface area contributed by atoms with E-state index in [4.69, 9.17) is 4.52 Å². The van der Waals surface area contributed by atoms with Crippen molar-refractivity contribution in [2.75, 3.05) is 33.7 Å². The molecule has 0 aliphatic carbocycles. The van der Waals surface area contributed by atoms with Crippen LogP contribution in [0.4, 0.5) is 0 Å². The van der Waals surface area contributed by atoms with Gasteiger partial charge in [0.15, 0.2) is 5.82 Å². The van der Waals surface area contributed by atoms with Gasteiger partial charge in [0.25, 0.3) is 0 Å². The minimum Gasteiger partial charge on any atom is -0.345 e. The Hall–Kier alpha value is -1.43. The van der Waals surface area contributed by atoms with E-state index in [1.807, 2.05) is 7.05 Å². The highest BCUT2D eigenvalue weighted by Crippen LogP contribution is 2.20. The lowest BCUT2D eigenvalue weighted by Crippen LogP contribution is -2.34. The smallest absolute Gasteiger partial charge is 0.223 e. The lowest BCUT2D eigenvalue weighted by Gasteiger charge is -2.29. The van der Waals surface area contributed by atoms with Gasteiger partial charge in [-0.15, -0.1) is 0 Å². The Kier molecular flexibility index (Phi) is 5.73. The van der Waals surface area contributed by atoms with Crippen LogP contribution in [0.25, 0.3) is 0 Å². The van der Waals surface area contributed by atoms with Gasteiger partial charge in [0.1, 0.15) is 0 Å². The average molecular weight is 294 g/mol. The van der Waals surface area contributed by atoms with Crippen molar-refractivity contribution in [3.8, 4) is 0 Å². The third-order valence-corrected chi connectivity index (χ3v) is 4.15. The molecule has 1 unspecified atom stereocenters. The topological polar surface area (TPSA) is 62.5 Å². The molecule has 2 heterocycles. The first-order valence-corrected chi connectivity index (χ1v) is 7.76. The number of rotatable bonds is 6. The first kappa shape index (κ1) is 15.9. The third-order valence-electron chi connectivity index (χ3n) is 4.15. The number of aromatic nitrogens is 2. The van der Waals surface area contributed by atoms with Crippen LogP contribution in [0.1, 0.15) is 37.4 Å². The molecule has 1 fully saturated rings. The summed E-state index contributed by atoms with van der Waals surface area (Å²) in [6, 6.07) is 0. The van der Waals surface area contributed by atoms with Gasteiger partial charge in [0.2, 0.25) is 11.8 Å². The van der Waals surface area contributed by atoms with Crippen molar-refractivity contribution < 1.29 is 9.32 Å². The second-order valence-corrected chi connectivity index (χ2v) is 6.10. The highest BCUT2D eigenvalue weighted by molar-refractivity contribution is 5.75. The summed E-state index contributed by atoms with van der Waals surface area (Å²) in [7, 11) is 4.01. The van der Waals surface area contributed by atoms with Gasteiger partial charge in [-0.3, -0.25) is 4.79 Å². The molecule has 6 nitrogen and oxygen atoms in total. The first-order chi connectivity index (χ1) is 10.0. The molecule has 0 spiro atoms. The predicted octanol–water partition coefficient (Wildman–Crippen LogP) is 1.50. The van der Waals surface area contributed by atoms with Crippen LogP contribution < -0.4 is 0 Å². The van der Waals surface area contributed by atoms with E-state index in [1.54, 1.807) is 11.8 Å². The zero-order valence-electron chi connectivity index (χ0n) is 13.3. The lowest BCUT2D eigenvalue weighted by atomic mass is 9.93. The average Bonchev–Trinajstić information content (AvgIpc) is 2.88. The largest absolute Gasteiger partial charge is 0.345 e. The number of amides is 1. The molecule has 21 heavy (non-hydrogen) atoms. The highest BCUT2D eigenvalue weighted by atomic mass is 16.5. The molecule has 1 aliphatic rings. The molecule has 0 N–H and O–H groups in total. The summed E-state index contributed by atoms with van der Waals surface area (Å²) < 4.78 is 4.92. The summed E-state index contributed by atoms with van der Waals surface area (Å²) in [4.78, 5) is 20.4. The molecule has 1 aliphatic heterocycles. The van der Waals surface area contributed by atoms with Crippen LogP contribution >= 0.6 is 0 Å². The van der Waals surface area contributed by atoms with Crippen molar-refractivity contribution in [2.45, 2.75) is 39.0 Å². The van der Waals surface area contributed by atoms with Gasteiger partial charge in [-0.25, -0.2) is 0 Å². The number of carbonyl (C=O) groups excluding carboxylic acids is 1. The Morgan fingerprint density at radius 3 is 3.00 bits per heavy atom. The minimum atomic E-state index is 0.212. The molecule has 2 rings (SSSR count). The Bertz CT molecular complexity index is 460. The van der Waals surface area contributed by atoms with E-state index in [1.165, 1.54) is 19.4 Å². The normalized spacial score (nSPS) is 19.7. The molecule has 1 aromatic heterocycles. The Balaban J connectivity index is 1.67. The summed E-state index contributed by atoms with van der Waals surface area (Å²) in [6.45, 7) is 4.72. The summed E-state index contributed by atoms with van der Waals surface area (Å²) >= 11 is 0. The van der Waals surface area contributed by atoms with Gasteiger partial charge in [-0.1, -0.05) is 5.16 Å². The fourth-order valence-corrected chi connectivity index (χ4v) is 2.86. The van der Waals surface area contributed by atoms with Crippen molar-refractivity contribution >= 4 is 5.91 Å². The summed E-state index contributed by atoms with van der Waals surface area (Å²) in [5.41, 5.74) is 0. The van der Waals surface area contributed by atoms with Crippen LogP contribution in [0, 0.1) is 12.8 Å². The van der Waals surface area contributed by atoms with Crippen molar-refractivity contribution in [1.29, 1.82) is 0 Å². The van der Waals surface area contributed by atoms with E-state index in [9.17, 15) is 4.79 Å². The zero-order chi connectivity index (χ0) is 15.2. The van der Waals surface area contributed by atoms with Crippen molar-refractivity contribution in [3.63, 3.8) is 0 Å². The molecule has 0 saturated carbocycles. The molecular formula is C15H26N4O2. The molecule has 1 amide bonds. The Morgan fingerprint density at radius 1 is 1.52 bits per heavy atom. The Labute approximate surface area is 126 Å². The number of piperidine rings is 1. The number of hydrogen-bond donors (Lipinski definition) is 0. The number of carbonyl (C=O) groups is 1. The summed E-state index contributed by atoms with van der Waals surface area (Å²) in [6.07, 6.45) is 4.78. The molecule has 1 atom stereocenters. The Morgan fingerprint density at radius 2 is 2.33 bits per heavy atom. The first-order valence-electron chi connectivity index (χ1n) is 7.76. The van der Waals surface area contributed by atoms with Crippen molar-refractivity contribution in [3.05, 3.63) is 11.7 Å². The van der Waals surface area contributed by atoms with E-state index >= 15 is 0 Å². The molecule has 1 aromatic rings. The van der Waals surface area contributed by atoms with Gasteiger partial charge in [-0.2, -0.15) is 4.98 Å². The van der Waals surface area contributed by atoms with E-state index in [0.29, 0.717) is 37.0 Å². The number of likely N-dealkylation sites (N-methyl/N-ethyl adjacent to an activating group) is 1. The van der Waals surface area contributed by atoms with Gasteiger partial charge >= 0.3 is 0 Å². The van der Waals surface area contributed by atoms with E-state index < -0.39 is 0 Å². The molecule has 118 valence electrons. The number of aryl methyl sites for hydroxylation is 1. The summed E-state index contributed by atoms with van der Waals surface area (Å²) in [5, 5.41) is 3.85. The fourth-order valence-electron chi connectivity index (χ4n) is 2.86. The van der Waals surface area contributed by atoms with Crippen LogP contribution in [0.2, 0.25) is 0 Å². The monoisotopic (exact) mass is 294 g/mol. The maximum atomic E-state index is 12.1. The highest BCUT2D eigenvalue weighted by Gasteiger charge is 2.19. The minimum absolute atomic E-state index is 0.212. The van der Waals surface area contributed by atoms with Crippen LogP contribution in [0.5, 0.6) is 0 Å². The maximum Gasteiger partial charge on any atom is 0.223 e. The number of nitrogens with zero attached hydrogens (tertiary/aromatic N) is 4. The number of hydrogen-bond acceptors (Lipinski definition) is 5. The second kappa shape index (κ2) is 7.54. The zero-order valence-corrected chi connectivity index (χ0v) is 13.3. The fraction of sp³-hybridized carbons (Fsp3) is 0.800. The van der Waals surface area contributed by atoms with Crippen LogP contribution in [0.3, 0.4) is 0 Å². The molecule has 1 saturated heterocycles. The van der Waals surface area contributed by atoms with Crippen molar-refractivity contribution in [1.82, 2.24) is 19.9 Å². The quantitative estimate of drug-likeness (QED) is 0.795. The molecular weight excluding hydrogens is 268 g/mol. The molecule has 0 bridgehead atoms. The van der Waals surface area contributed by atoms with Gasteiger partial charge < -0.3 is 14.3 Å². The van der Waals surface area contributed by atoms with Gasteiger partial charge in [-0.05, 0) is 38.8 Å². The van der Waals surface area contributed by atoms with Crippen molar-refractivity contribution in [2.24, 2.45) is 5.92 Å². The van der Waals surface area contributed by atoms with E-state index in [-0.39, 0.29) is 5.91 Å². The second-order valence-electron chi connectivity index (χ2n) is 6.10. The molecule has 0 radical (unpaired) electrons. The van der Waals surface area contributed by atoms with E-state index in [2.05, 4.69) is 22.1 Å². The molecule has 6 heteroatoms. The van der Waals surface area contributed by atoms with Crippen LogP contribution in [-0.4, -0.2) is 59.6 Å².